The van der Waals surface area contributed by atoms with Crippen LogP contribution < -0.4 is 0 Å². The minimum Gasteiger partial charge on any atom is -0.346 e. The molecule has 0 saturated heterocycles. The van der Waals surface area contributed by atoms with E-state index in [0.29, 0.717) is 0 Å². The topological polar surface area (TPSA) is 0 Å². The first-order valence-electron chi connectivity index (χ1n) is 2.42. The second-order valence-electron chi connectivity index (χ2n) is 1.00. The number of hydrogen-bond acceptors (Lipinski definition) is 0. The summed E-state index contributed by atoms with van der Waals surface area (Å²) < 4.78 is 0. The average molecular weight is 160 g/mol. The minimum atomic E-state index is 0. The zero-order valence-electron chi connectivity index (χ0n) is 5.35. The van der Waals surface area contributed by atoms with Crippen LogP contribution in [0.4, 0.5) is 0 Å². The monoisotopic (exact) mass is 158 g/mol. The van der Waals surface area contributed by atoms with E-state index in [2.05, 4.69) is 19.1 Å². The van der Waals surface area contributed by atoms with Crippen molar-refractivity contribution in [2.24, 2.45) is 0 Å². The van der Waals surface area contributed by atoms with E-state index in [9.17, 15) is 0 Å². The van der Waals surface area contributed by atoms with Crippen molar-refractivity contribution in [2.75, 3.05) is 0 Å². The molecule has 0 amide bonds. The van der Waals surface area contributed by atoms with E-state index in [0.717, 1.165) is 6.42 Å². The van der Waals surface area contributed by atoms with Gasteiger partial charge in [-0.3, -0.25) is 6.08 Å². The zero-order valence-corrected chi connectivity index (χ0v) is 8.32. The standard InChI is InChI=1S/C5H5.C2H5.Zn/c1-2-4-5-3-1;1-2;/h1-3H,4H2;1H2,2H3;/q2*-1;+2. The van der Waals surface area contributed by atoms with Gasteiger partial charge in [0.05, 0.1) is 0 Å². The van der Waals surface area contributed by atoms with E-state index in [1.165, 1.54) is 0 Å². The molecule has 0 fully saturated rings. The predicted molar refractivity (Wildman–Crippen MR) is 32.6 cm³/mol. The van der Waals surface area contributed by atoms with Gasteiger partial charge in [-0.05, 0) is 0 Å². The van der Waals surface area contributed by atoms with Crippen molar-refractivity contribution in [3.8, 4) is 0 Å². The summed E-state index contributed by atoms with van der Waals surface area (Å²) in [4.78, 5) is 0. The Hall–Kier alpha value is 0.103. The molecule has 0 spiro atoms. The van der Waals surface area contributed by atoms with Gasteiger partial charge >= 0.3 is 19.5 Å². The van der Waals surface area contributed by atoms with Crippen LogP contribution in [0.5, 0.6) is 0 Å². The molecule has 0 nitrogen and oxygen atoms in total. The van der Waals surface area contributed by atoms with Crippen molar-refractivity contribution in [2.45, 2.75) is 13.3 Å². The van der Waals surface area contributed by atoms with Gasteiger partial charge in [-0.15, -0.1) is 6.42 Å². The van der Waals surface area contributed by atoms with E-state index in [1.54, 1.807) is 6.92 Å². The summed E-state index contributed by atoms with van der Waals surface area (Å²) >= 11 is 0. The maximum absolute atomic E-state index is 3.25. The van der Waals surface area contributed by atoms with Crippen molar-refractivity contribution >= 4 is 0 Å². The Morgan fingerprint density at radius 2 is 2.12 bits per heavy atom. The summed E-state index contributed by atoms with van der Waals surface area (Å²) in [6.07, 6.45) is 10.0. The molecule has 40 valence electrons. The second-order valence-corrected chi connectivity index (χ2v) is 1.00. The molecule has 0 unspecified atom stereocenters. The second kappa shape index (κ2) is 10.2. The molecule has 0 heterocycles. The van der Waals surface area contributed by atoms with Crippen LogP contribution in [0.1, 0.15) is 13.3 Å². The van der Waals surface area contributed by atoms with Gasteiger partial charge in [0.25, 0.3) is 0 Å². The molecular weight excluding hydrogens is 149 g/mol. The molecule has 1 aliphatic carbocycles. The summed E-state index contributed by atoms with van der Waals surface area (Å²) in [5.74, 6) is 0. The molecule has 0 atom stereocenters. The smallest absolute Gasteiger partial charge is 0.346 e. The van der Waals surface area contributed by atoms with E-state index < -0.39 is 0 Å². The van der Waals surface area contributed by atoms with Gasteiger partial charge in [0, 0.05) is 0 Å². The van der Waals surface area contributed by atoms with Crippen molar-refractivity contribution in [3.63, 3.8) is 0 Å². The first-order chi connectivity index (χ1) is 3.50. The zero-order chi connectivity index (χ0) is 5.54. The SMILES string of the molecule is [C-]1=CC=CC1.[CH2-]C.[Zn+2]. The van der Waals surface area contributed by atoms with Crippen LogP contribution in [0.25, 0.3) is 0 Å². The van der Waals surface area contributed by atoms with Crippen LogP contribution >= 0.6 is 0 Å². The summed E-state index contributed by atoms with van der Waals surface area (Å²) in [6.45, 7) is 5.00. The Bertz CT molecular complexity index is 62.5. The molecule has 8 heavy (non-hydrogen) atoms. The fraction of sp³-hybridized carbons (Fsp3) is 0.286. The average Bonchev–Trinajstić information content (AvgIpc) is 2.23. The molecule has 0 aliphatic heterocycles. The van der Waals surface area contributed by atoms with Crippen LogP contribution in [0.15, 0.2) is 18.2 Å². The predicted octanol–water partition coefficient (Wildman–Crippen LogP) is 2.14. The third kappa shape index (κ3) is 6.10. The van der Waals surface area contributed by atoms with Crippen LogP contribution in [0, 0.1) is 13.0 Å². The minimum absolute atomic E-state index is 0. The molecule has 1 heteroatoms. The van der Waals surface area contributed by atoms with Crippen LogP contribution in [-0.2, 0) is 19.5 Å². The van der Waals surface area contributed by atoms with Crippen molar-refractivity contribution in [1.82, 2.24) is 0 Å². The third-order valence-corrected chi connectivity index (χ3v) is 0.586. The van der Waals surface area contributed by atoms with E-state index in [-0.39, 0.29) is 19.5 Å². The summed E-state index contributed by atoms with van der Waals surface area (Å²) in [6, 6.07) is 0. The Balaban J connectivity index is 0. The maximum atomic E-state index is 3.25. The molecule has 0 N–H and O–H groups in total. The fourth-order valence-electron chi connectivity index (χ4n) is 0.340. The van der Waals surface area contributed by atoms with Gasteiger partial charge in [-0.1, -0.05) is 0 Å². The third-order valence-electron chi connectivity index (χ3n) is 0.586. The first kappa shape index (κ1) is 11.0. The van der Waals surface area contributed by atoms with E-state index >= 15 is 0 Å². The largest absolute Gasteiger partial charge is 2.00 e. The molecule has 0 radical (unpaired) electrons. The first-order valence-corrected chi connectivity index (χ1v) is 2.42. The van der Waals surface area contributed by atoms with Gasteiger partial charge in [-0.25, -0.2) is 12.2 Å². The maximum Gasteiger partial charge on any atom is 2.00 e. The van der Waals surface area contributed by atoms with Gasteiger partial charge in [0.15, 0.2) is 0 Å². The van der Waals surface area contributed by atoms with Gasteiger partial charge < -0.3 is 6.92 Å². The van der Waals surface area contributed by atoms with Crippen molar-refractivity contribution in [3.05, 3.63) is 31.2 Å². The molecule has 1 rings (SSSR count). The van der Waals surface area contributed by atoms with Crippen molar-refractivity contribution < 1.29 is 19.5 Å². The summed E-state index contributed by atoms with van der Waals surface area (Å²) in [5, 5.41) is 0. The Kier molecular flexibility index (Phi) is 13.9. The molecule has 0 saturated carbocycles. The molecule has 0 aromatic carbocycles. The quantitative estimate of drug-likeness (QED) is 0.375. The number of allylic oxidation sites excluding steroid dienone is 4. The Labute approximate surface area is 64.4 Å². The Morgan fingerprint density at radius 1 is 1.50 bits per heavy atom. The summed E-state index contributed by atoms with van der Waals surface area (Å²) in [7, 11) is 0. The molecule has 1 aliphatic rings. The normalized spacial score (nSPS) is 11.8. The molecular formula is C7H10Zn. The van der Waals surface area contributed by atoms with Gasteiger partial charge in [0.2, 0.25) is 0 Å². The molecule has 0 bridgehead atoms. The van der Waals surface area contributed by atoms with E-state index in [4.69, 9.17) is 0 Å². The van der Waals surface area contributed by atoms with Crippen LogP contribution in [-0.4, -0.2) is 0 Å². The van der Waals surface area contributed by atoms with Gasteiger partial charge in [0.1, 0.15) is 0 Å². The van der Waals surface area contributed by atoms with Crippen molar-refractivity contribution in [1.29, 1.82) is 0 Å². The Morgan fingerprint density at radius 3 is 2.25 bits per heavy atom. The summed E-state index contributed by atoms with van der Waals surface area (Å²) in [5.41, 5.74) is 0. The van der Waals surface area contributed by atoms with Crippen LogP contribution in [0.3, 0.4) is 0 Å². The number of rotatable bonds is 0. The molecule has 0 aromatic rings. The van der Waals surface area contributed by atoms with E-state index in [1.807, 2.05) is 12.2 Å². The molecule has 0 aromatic heterocycles. The fourth-order valence-corrected chi connectivity index (χ4v) is 0.340. The van der Waals surface area contributed by atoms with Crippen LogP contribution in [0.2, 0.25) is 0 Å². The number of hydrogen-bond donors (Lipinski definition) is 0. The van der Waals surface area contributed by atoms with Gasteiger partial charge in [-0.2, -0.15) is 13.0 Å².